The summed E-state index contributed by atoms with van der Waals surface area (Å²) < 4.78 is 7.18. The fourth-order valence-electron chi connectivity index (χ4n) is 10.9. The number of ether oxygens (including phenoxy) is 1. The molecule has 0 saturated heterocycles. The van der Waals surface area contributed by atoms with Gasteiger partial charge in [-0.3, -0.25) is 0 Å². The third-order valence-electron chi connectivity index (χ3n) is 13.6. The molecule has 2 heteroatoms. The third kappa shape index (κ3) is 4.94. The minimum atomic E-state index is -0.455. The lowest BCUT2D eigenvalue weighted by atomic mass is 9.63. The summed E-state index contributed by atoms with van der Waals surface area (Å²) in [5.74, 6) is 0.931. The summed E-state index contributed by atoms with van der Waals surface area (Å²) in [6.07, 6.45) is 7.53. The number of fused-ring (bicyclic) bond motifs is 12. The zero-order valence-corrected chi connectivity index (χ0v) is 33.8. The van der Waals surface area contributed by atoms with E-state index in [9.17, 15) is 0 Å². The van der Waals surface area contributed by atoms with Crippen LogP contribution in [0.4, 0.5) is 17.1 Å². The molecule has 0 radical (unpaired) electrons. The van der Waals surface area contributed by atoms with E-state index in [0.717, 1.165) is 29.2 Å². The largest absolute Gasteiger partial charge is 0.485 e. The van der Waals surface area contributed by atoms with E-state index in [1.165, 1.54) is 77.9 Å². The van der Waals surface area contributed by atoms with Crippen LogP contribution < -0.4 is 9.64 Å². The van der Waals surface area contributed by atoms with E-state index < -0.39 is 5.41 Å². The Kier molecular flexibility index (Phi) is 7.65. The SMILES string of the molecule is CC1(C)c2cc(-c3ccccc3)ccc2-c2ccc(N(c3ccc4c(c3)OC3CC=CC=C3C43c4ccccc4-c4ccccc43)c3ccccc3-c3ccccc3)cc21. The molecule has 0 aromatic heterocycles. The van der Waals surface area contributed by atoms with Crippen LogP contribution in [0.5, 0.6) is 5.75 Å². The van der Waals surface area contributed by atoms with Gasteiger partial charge in [0.2, 0.25) is 0 Å². The first-order chi connectivity index (χ1) is 29.5. The van der Waals surface area contributed by atoms with Gasteiger partial charge in [-0.25, -0.2) is 0 Å². The Morgan fingerprint density at radius 3 is 1.77 bits per heavy atom. The molecule has 4 aliphatic rings. The van der Waals surface area contributed by atoms with Crippen LogP contribution in [0.2, 0.25) is 0 Å². The highest BCUT2D eigenvalue weighted by Crippen LogP contribution is 2.62. The number of anilines is 3. The van der Waals surface area contributed by atoms with Crippen molar-refractivity contribution in [2.75, 3.05) is 4.90 Å². The molecule has 0 N–H and O–H groups in total. The first-order valence-electron chi connectivity index (χ1n) is 21.2. The van der Waals surface area contributed by atoms with Crippen molar-refractivity contribution in [3.63, 3.8) is 0 Å². The summed E-state index contributed by atoms with van der Waals surface area (Å²) >= 11 is 0. The number of benzene rings is 8. The highest BCUT2D eigenvalue weighted by atomic mass is 16.5. The fourth-order valence-corrected chi connectivity index (χ4v) is 10.9. The van der Waals surface area contributed by atoms with Crippen molar-refractivity contribution >= 4 is 17.1 Å². The monoisotopic (exact) mass is 769 g/mol. The lowest BCUT2D eigenvalue weighted by molar-refractivity contribution is 0.205. The van der Waals surface area contributed by atoms with Crippen LogP contribution in [0.3, 0.4) is 0 Å². The Labute approximate surface area is 352 Å². The Hall–Kier alpha value is -7.16. The number of rotatable bonds is 5. The Balaban J connectivity index is 1.06. The Bertz CT molecular complexity index is 3030. The van der Waals surface area contributed by atoms with Crippen molar-refractivity contribution < 1.29 is 4.74 Å². The molecule has 1 atom stereocenters. The van der Waals surface area contributed by atoms with Gasteiger partial charge < -0.3 is 9.64 Å². The van der Waals surface area contributed by atoms with Crippen molar-refractivity contribution in [3.05, 3.63) is 240 Å². The minimum absolute atomic E-state index is 0.0814. The van der Waals surface area contributed by atoms with Crippen LogP contribution in [0, 0.1) is 0 Å². The topological polar surface area (TPSA) is 12.5 Å². The molecule has 1 spiro atoms. The Morgan fingerprint density at radius 1 is 0.467 bits per heavy atom. The van der Waals surface area contributed by atoms with Gasteiger partial charge in [0.05, 0.1) is 11.1 Å². The maximum atomic E-state index is 7.18. The van der Waals surface area contributed by atoms with Crippen molar-refractivity contribution in [1.29, 1.82) is 0 Å². The van der Waals surface area contributed by atoms with Crippen LogP contribution in [-0.4, -0.2) is 6.10 Å². The molecular weight excluding hydrogens is 727 g/mol. The molecule has 0 bridgehead atoms. The van der Waals surface area contributed by atoms with Gasteiger partial charge >= 0.3 is 0 Å². The van der Waals surface area contributed by atoms with Crippen molar-refractivity contribution in [3.8, 4) is 50.3 Å². The first kappa shape index (κ1) is 34.8. The van der Waals surface area contributed by atoms with Gasteiger partial charge in [-0.05, 0) is 97.1 Å². The molecule has 8 aromatic rings. The van der Waals surface area contributed by atoms with Crippen LogP contribution in [-0.2, 0) is 10.8 Å². The summed E-state index contributed by atoms with van der Waals surface area (Å²) in [7, 11) is 0. The van der Waals surface area contributed by atoms with E-state index in [-0.39, 0.29) is 11.5 Å². The second-order valence-corrected chi connectivity index (χ2v) is 17.1. The molecule has 0 fully saturated rings. The minimum Gasteiger partial charge on any atom is -0.485 e. The van der Waals surface area contributed by atoms with Gasteiger partial charge in [-0.2, -0.15) is 0 Å². The predicted octanol–water partition coefficient (Wildman–Crippen LogP) is 14.8. The third-order valence-corrected chi connectivity index (χ3v) is 13.6. The summed E-state index contributed by atoms with van der Waals surface area (Å²) in [6, 6.07) is 69.4. The average molecular weight is 770 g/mol. The van der Waals surface area contributed by atoms with Gasteiger partial charge in [-0.15, -0.1) is 0 Å². The predicted molar refractivity (Wildman–Crippen MR) is 248 cm³/mol. The van der Waals surface area contributed by atoms with E-state index in [2.05, 4.69) is 225 Å². The number of allylic oxidation sites excluding steroid dienone is 2. The molecular formula is C58H43NO. The number of hydrogen-bond donors (Lipinski definition) is 0. The molecule has 0 saturated carbocycles. The van der Waals surface area contributed by atoms with Crippen molar-refractivity contribution in [2.45, 2.75) is 37.2 Å². The molecule has 60 heavy (non-hydrogen) atoms. The summed E-state index contributed by atoms with van der Waals surface area (Å²) in [6.45, 7) is 4.76. The van der Waals surface area contributed by atoms with Crippen LogP contribution >= 0.6 is 0 Å². The van der Waals surface area contributed by atoms with Gasteiger partial charge in [0, 0.05) is 40.4 Å². The first-order valence-corrected chi connectivity index (χ1v) is 21.2. The molecule has 1 aliphatic heterocycles. The molecule has 12 rings (SSSR count). The van der Waals surface area contributed by atoms with Gasteiger partial charge in [-0.1, -0.05) is 184 Å². The number of para-hydroxylation sites is 1. The van der Waals surface area contributed by atoms with E-state index in [1.807, 2.05) is 0 Å². The molecule has 0 amide bonds. The molecule has 286 valence electrons. The number of nitrogens with zero attached hydrogens (tertiary/aromatic N) is 1. The standard InChI is InChI=1S/C58H43NO/c1-57(2)52-35-40(38-17-5-3-6-18-38)29-32-46(52)47-33-30-41(36-53(47)57)59(54-27-15-11-21-43(54)39-19-7-4-8-20-39)42-31-34-51-56(37-42)60-55-28-16-14-26-50(55)58(51)48-24-12-9-22-44(48)45-23-10-13-25-49(45)58/h3-27,29-37,55H,28H2,1-2H3. The maximum absolute atomic E-state index is 7.18. The zero-order valence-electron chi connectivity index (χ0n) is 33.8. The summed E-state index contributed by atoms with van der Waals surface area (Å²) in [5, 5.41) is 0. The Morgan fingerprint density at radius 2 is 1.03 bits per heavy atom. The molecule has 1 unspecified atom stereocenters. The molecule has 8 aromatic carbocycles. The van der Waals surface area contributed by atoms with Crippen LogP contribution in [0.15, 0.2) is 212 Å². The van der Waals surface area contributed by atoms with Crippen LogP contribution in [0.25, 0.3) is 44.5 Å². The number of hydrogen-bond acceptors (Lipinski definition) is 2. The van der Waals surface area contributed by atoms with E-state index in [0.29, 0.717) is 0 Å². The van der Waals surface area contributed by atoms with Gasteiger partial charge in [0.1, 0.15) is 11.9 Å². The lowest BCUT2D eigenvalue weighted by Gasteiger charge is -2.45. The summed E-state index contributed by atoms with van der Waals surface area (Å²) in [4.78, 5) is 2.45. The van der Waals surface area contributed by atoms with Gasteiger partial charge in [0.25, 0.3) is 0 Å². The van der Waals surface area contributed by atoms with Gasteiger partial charge in [0.15, 0.2) is 0 Å². The maximum Gasteiger partial charge on any atom is 0.127 e. The smallest absolute Gasteiger partial charge is 0.127 e. The van der Waals surface area contributed by atoms with E-state index in [1.54, 1.807) is 0 Å². The molecule has 2 nitrogen and oxygen atoms in total. The molecule has 1 heterocycles. The summed E-state index contributed by atoms with van der Waals surface area (Å²) in [5.41, 5.74) is 20.5. The second-order valence-electron chi connectivity index (χ2n) is 17.1. The van der Waals surface area contributed by atoms with E-state index in [4.69, 9.17) is 4.74 Å². The average Bonchev–Trinajstić information content (AvgIpc) is 3.72. The lowest BCUT2D eigenvalue weighted by Crippen LogP contribution is -2.42. The highest BCUT2D eigenvalue weighted by molar-refractivity contribution is 5.93. The fraction of sp³-hybridized carbons (Fsp3) is 0.103. The van der Waals surface area contributed by atoms with Crippen molar-refractivity contribution in [1.82, 2.24) is 0 Å². The normalized spacial score (nSPS) is 16.7. The van der Waals surface area contributed by atoms with Crippen LogP contribution in [0.1, 0.15) is 48.1 Å². The van der Waals surface area contributed by atoms with Crippen molar-refractivity contribution in [2.24, 2.45) is 0 Å². The molecule has 3 aliphatic carbocycles. The van der Waals surface area contributed by atoms with E-state index >= 15 is 0 Å². The second kappa shape index (κ2) is 13.2. The quantitative estimate of drug-likeness (QED) is 0.173. The zero-order chi connectivity index (χ0) is 40.0. The highest BCUT2D eigenvalue weighted by Gasteiger charge is 2.53.